The second-order valence-corrected chi connectivity index (χ2v) is 12.2. The Morgan fingerprint density at radius 3 is 1.23 bits per heavy atom. The number of thiophene rings is 2. The molecule has 2 aromatic rings. The van der Waals surface area contributed by atoms with Crippen molar-refractivity contribution in [1.82, 2.24) is 0 Å². The van der Waals surface area contributed by atoms with Gasteiger partial charge in [0.05, 0.1) is 10.8 Å². The molecule has 0 aliphatic carbocycles. The van der Waals surface area contributed by atoms with E-state index in [1.807, 2.05) is 22.7 Å². The molecule has 0 unspecified atom stereocenters. The topological polar surface area (TPSA) is 74.6 Å². The Morgan fingerprint density at radius 1 is 0.645 bits per heavy atom. The highest BCUT2D eigenvalue weighted by Crippen LogP contribution is 2.28. The van der Waals surface area contributed by atoms with Crippen molar-refractivity contribution < 1.29 is 19.8 Å². The van der Waals surface area contributed by atoms with E-state index in [0.29, 0.717) is 12.8 Å². The number of aliphatic carboxylic acids is 2. The molecule has 31 heavy (non-hydrogen) atoms. The summed E-state index contributed by atoms with van der Waals surface area (Å²) in [6, 6.07) is 8.81. The molecule has 6 heteroatoms. The highest BCUT2D eigenvalue weighted by atomic mass is 32.1. The lowest BCUT2D eigenvalue weighted by Crippen LogP contribution is -2.23. The van der Waals surface area contributed by atoms with Crippen LogP contribution in [-0.4, -0.2) is 22.2 Å². The summed E-state index contributed by atoms with van der Waals surface area (Å²) in [7, 11) is 0. The summed E-state index contributed by atoms with van der Waals surface area (Å²) < 4.78 is 0. The SMILES string of the molecule is CC(C)(CCCc1ccc(CCCc2ccc(CCCC(C)(C)C(=O)O)s2)s1)C(=O)O. The third-order valence-corrected chi connectivity index (χ3v) is 8.30. The van der Waals surface area contributed by atoms with Gasteiger partial charge in [0.25, 0.3) is 0 Å². The molecule has 0 aliphatic rings. The van der Waals surface area contributed by atoms with Crippen molar-refractivity contribution in [2.45, 2.75) is 85.5 Å². The lowest BCUT2D eigenvalue weighted by Gasteiger charge is -2.18. The molecule has 2 heterocycles. The number of hydrogen-bond donors (Lipinski definition) is 2. The maximum absolute atomic E-state index is 11.2. The van der Waals surface area contributed by atoms with Crippen LogP contribution in [0.5, 0.6) is 0 Å². The Hall–Kier alpha value is -1.66. The molecule has 0 aromatic carbocycles. The normalized spacial score (nSPS) is 12.3. The second-order valence-electron chi connectivity index (χ2n) is 9.67. The third kappa shape index (κ3) is 8.41. The van der Waals surface area contributed by atoms with E-state index in [1.54, 1.807) is 27.7 Å². The van der Waals surface area contributed by atoms with Crippen molar-refractivity contribution in [3.63, 3.8) is 0 Å². The predicted octanol–water partition coefficient (Wildman–Crippen LogP) is 6.85. The van der Waals surface area contributed by atoms with Crippen LogP contribution in [0, 0.1) is 10.8 Å². The van der Waals surface area contributed by atoms with Crippen LogP contribution in [0.4, 0.5) is 0 Å². The van der Waals surface area contributed by atoms with Gasteiger partial charge in [0.15, 0.2) is 0 Å². The van der Waals surface area contributed by atoms with Crippen LogP contribution in [0.15, 0.2) is 24.3 Å². The number of hydrogen-bond acceptors (Lipinski definition) is 4. The van der Waals surface area contributed by atoms with Gasteiger partial charge in [-0.05, 0) is 110 Å². The van der Waals surface area contributed by atoms with Gasteiger partial charge in [-0.15, -0.1) is 22.7 Å². The molecule has 0 atom stereocenters. The predicted molar refractivity (Wildman–Crippen MR) is 129 cm³/mol. The number of carboxylic acids is 2. The van der Waals surface area contributed by atoms with Crippen molar-refractivity contribution in [2.75, 3.05) is 0 Å². The van der Waals surface area contributed by atoms with Gasteiger partial charge in [0, 0.05) is 19.5 Å². The summed E-state index contributed by atoms with van der Waals surface area (Å²) in [6.07, 6.45) is 8.38. The maximum Gasteiger partial charge on any atom is 0.309 e. The van der Waals surface area contributed by atoms with E-state index < -0.39 is 22.8 Å². The Balaban J connectivity index is 1.69. The molecule has 0 spiro atoms. The minimum absolute atomic E-state index is 0.647. The Morgan fingerprint density at radius 2 is 0.935 bits per heavy atom. The monoisotopic (exact) mass is 464 g/mol. The van der Waals surface area contributed by atoms with Crippen molar-refractivity contribution in [3.05, 3.63) is 43.8 Å². The first kappa shape index (κ1) is 25.6. The molecule has 4 nitrogen and oxygen atoms in total. The van der Waals surface area contributed by atoms with E-state index in [9.17, 15) is 19.8 Å². The molecular weight excluding hydrogens is 428 g/mol. The molecule has 0 saturated carbocycles. The van der Waals surface area contributed by atoms with E-state index in [-0.39, 0.29) is 0 Å². The number of carboxylic acid groups (broad SMARTS) is 2. The van der Waals surface area contributed by atoms with Crippen LogP contribution < -0.4 is 0 Å². The van der Waals surface area contributed by atoms with E-state index >= 15 is 0 Å². The van der Waals surface area contributed by atoms with Crippen LogP contribution in [0.1, 0.15) is 79.3 Å². The van der Waals surface area contributed by atoms with E-state index in [4.69, 9.17) is 0 Å². The quantitative estimate of drug-likeness (QED) is 0.320. The smallest absolute Gasteiger partial charge is 0.309 e. The number of rotatable bonds is 14. The Kier molecular flexibility index (Phi) is 9.31. The summed E-state index contributed by atoms with van der Waals surface area (Å²) in [6.45, 7) is 7.17. The van der Waals surface area contributed by atoms with Crippen LogP contribution in [0.3, 0.4) is 0 Å². The maximum atomic E-state index is 11.2. The first-order chi connectivity index (χ1) is 14.5. The molecule has 0 radical (unpaired) electrons. The average molecular weight is 465 g/mol. The van der Waals surface area contributed by atoms with E-state index in [1.165, 1.54) is 19.5 Å². The van der Waals surface area contributed by atoms with Gasteiger partial charge in [0.2, 0.25) is 0 Å². The number of carbonyl (C=O) groups is 2. The molecule has 2 aromatic heterocycles. The van der Waals surface area contributed by atoms with Crippen molar-refractivity contribution in [3.8, 4) is 0 Å². The van der Waals surface area contributed by atoms with Crippen molar-refractivity contribution >= 4 is 34.6 Å². The summed E-state index contributed by atoms with van der Waals surface area (Å²) in [5.74, 6) is -1.44. The van der Waals surface area contributed by atoms with Gasteiger partial charge in [-0.25, -0.2) is 0 Å². The first-order valence-electron chi connectivity index (χ1n) is 11.1. The lowest BCUT2D eigenvalue weighted by atomic mass is 9.87. The van der Waals surface area contributed by atoms with Gasteiger partial charge in [-0.2, -0.15) is 0 Å². The standard InChI is InChI=1S/C25H36O4S2/c1-24(2,22(26)27)16-6-10-20-14-12-18(30-20)8-5-9-19-13-15-21(31-19)11-7-17-25(3,4)23(28)29/h12-15H,5-11,16-17H2,1-4H3,(H,26,27)(H,28,29). The fourth-order valence-electron chi connectivity index (χ4n) is 3.44. The Bertz CT molecular complexity index is 790. The van der Waals surface area contributed by atoms with Crippen LogP contribution in [-0.2, 0) is 35.3 Å². The van der Waals surface area contributed by atoms with Gasteiger partial charge >= 0.3 is 11.9 Å². The zero-order valence-electron chi connectivity index (χ0n) is 19.2. The first-order valence-corrected chi connectivity index (χ1v) is 12.7. The number of aryl methyl sites for hydroxylation is 4. The van der Waals surface area contributed by atoms with E-state index in [2.05, 4.69) is 24.3 Å². The minimum Gasteiger partial charge on any atom is -0.481 e. The van der Waals surface area contributed by atoms with Gasteiger partial charge in [-0.1, -0.05) is 0 Å². The largest absolute Gasteiger partial charge is 0.481 e. The molecular formula is C25H36O4S2. The molecule has 0 aliphatic heterocycles. The molecule has 2 N–H and O–H groups in total. The molecule has 2 rings (SSSR count). The molecule has 0 bridgehead atoms. The molecule has 0 saturated heterocycles. The van der Waals surface area contributed by atoms with E-state index in [0.717, 1.165) is 44.9 Å². The second kappa shape index (κ2) is 11.3. The average Bonchev–Trinajstić information content (AvgIpc) is 3.31. The summed E-state index contributed by atoms with van der Waals surface area (Å²) >= 11 is 3.71. The highest BCUT2D eigenvalue weighted by molar-refractivity contribution is 7.12. The minimum atomic E-state index is -0.722. The van der Waals surface area contributed by atoms with Gasteiger partial charge < -0.3 is 10.2 Å². The van der Waals surface area contributed by atoms with Crippen molar-refractivity contribution in [2.24, 2.45) is 10.8 Å². The third-order valence-electron chi connectivity index (χ3n) is 5.89. The van der Waals surface area contributed by atoms with Gasteiger partial charge in [0.1, 0.15) is 0 Å². The summed E-state index contributed by atoms with van der Waals surface area (Å²) in [5, 5.41) is 18.4. The van der Waals surface area contributed by atoms with Crippen LogP contribution in [0.2, 0.25) is 0 Å². The molecule has 0 fully saturated rings. The highest BCUT2D eigenvalue weighted by Gasteiger charge is 2.27. The Labute approximate surface area is 194 Å². The molecule has 0 amide bonds. The van der Waals surface area contributed by atoms with Crippen LogP contribution >= 0.6 is 22.7 Å². The fourth-order valence-corrected chi connectivity index (χ4v) is 5.65. The summed E-state index contributed by atoms with van der Waals surface area (Å²) in [4.78, 5) is 27.9. The zero-order chi connectivity index (χ0) is 23.1. The zero-order valence-corrected chi connectivity index (χ0v) is 20.8. The molecule has 172 valence electrons. The van der Waals surface area contributed by atoms with Gasteiger partial charge in [-0.3, -0.25) is 9.59 Å². The summed E-state index contributed by atoms with van der Waals surface area (Å²) in [5.41, 5.74) is -1.29. The lowest BCUT2D eigenvalue weighted by molar-refractivity contribution is -0.148. The van der Waals surface area contributed by atoms with Crippen molar-refractivity contribution in [1.29, 1.82) is 0 Å². The fraction of sp³-hybridized carbons (Fsp3) is 0.600. The van der Waals surface area contributed by atoms with Crippen LogP contribution in [0.25, 0.3) is 0 Å².